The van der Waals surface area contributed by atoms with Crippen molar-refractivity contribution in [2.45, 2.75) is 35.8 Å². The van der Waals surface area contributed by atoms with Crippen molar-refractivity contribution in [3.8, 4) is 5.75 Å². The van der Waals surface area contributed by atoms with Crippen LogP contribution >= 0.6 is 0 Å². The zero-order chi connectivity index (χ0) is 28.3. The summed E-state index contributed by atoms with van der Waals surface area (Å²) in [7, 11) is 0. The fraction of sp³-hybridized carbons (Fsp3) is 0.462. The summed E-state index contributed by atoms with van der Waals surface area (Å²) < 4.78 is 241. The smallest absolute Gasteiger partial charge is 0.427 e. The van der Waals surface area contributed by atoms with Crippen LogP contribution in [0, 0.1) is 23.3 Å². The molecule has 0 amide bonds. The largest absolute Gasteiger partial charge is 0.478 e. The number of aliphatic carboxylic acids is 1. The van der Waals surface area contributed by atoms with Gasteiger partial charge in [0.1, 0.15) is 5.56 Å². The molecule has 0 spiro atoms. The molecule has 0 aromatic heterocycles. The third kappa shape index (κ3) is 3.84. The normalized spacial score (nSPS) is 15.9. The molecule has 0 aliphatic heterocycles. The quantitative estimate of drug-likeness (QED) is 0.202. The first kappa shape index (κ1) is 30.2. The molecule has 1 N–H and O–H groups in total. The highest BCUT2D eigenvalue weighted by atomic mass is 19.4. The number of alkyl halides is 12. The van der Waals surface area contributed by atoms with Crippen molar-refractivity contribution in [3.63, 3.8) is 0 Å². The highest BCUT2D eigenvalue weighted by Crippen LogP contribution is 2.61. The minimum Gasteiger partial charge on any atom is -0.478 e. The number of carboxylic acid groups (broad SMARTS) is 1. The van der Waals surface area contributed by atoms with Crippen molar-refractivity contribution in [3.05, 3.63) is 28.8 Å². The maximum Gasteiger partial charge on any atom is 0.427 e. The van der Waals surface area contributed by atoms with E-state index < -0.39 is 81.5 Å². The van der Waals surface area contributed by atoms with Crippen LogP contribution in [-0.2, 0) is 10.7 Å². The van der Waals surface area contributed by atoms with E-state index in [1.54, 1.807) is 0 Å². The van der Waals surface area contributed by atoms with Crippen molar-refractivity contribution in [2.24, 2.45) is 0 Å². The second-order valence-corrected chi connectivity index (χ2v) is 6.02. The van der Waals surface area contributed by atoms with Gasteiger partial charge >= 0.3 is 41.8 Å². The molecule has 0 saturated carbocycles. The van der Waals surface area contributed by atoms with Gasteiger partial charge in [0.15, 0.2) is 11.6 Å². The number of carbonyl (C=O) groups is 1. The number of rotatable bonds is 6. The molecule has 0 aliphatic rings. The molecule has 1 rings (SSSR count). The van der Waals surface area contributed by atoms with E-state index in [1.165, 1.54) is 0 Å². The lowest BCUT2D eigenvalue weighted by Crippen LogP contribution is -2.79. The Kier molecular flexibility index (Phi) is 7.25. The third-order valence-electron chi connectivity index (χ3n) is 4.11. The zero-order valence-electron chi connectivity index (χ0n) is 15.0. The van der Waals surface area contributed by atoms with Crippen molar-refractivity contribution >= 4 is 5.97 Å². The maximum atomic E-state index is 14.7. The van der Waals surface area contributed by atoms with Crippen LogP contribution in [0.25, 0.3) is 0 Å². The van der Waals surface area contributed by atoms with Crippen LogP contribution < -0.4 is 4.94 Å². The molecule has 0 saturated heterocycles. The summed E-state index contributed by atoms with van der Waals surface area (Å²) in [6.07, 6.45) is -24.9. The van der Waals surface area contributed by atoms with Crippen LogP contribution in [0.5, 0.6) is 5.75 Å². The second-order valence-electron chi connectivity index (χ2n) is 6.02. The summed E-state index contributed by atoms with van der Waals surface area (Å²) in [4.78, 5) is 13.0. The first-order chi connectivity index (χ1) is 15.3. The van der Waals surface area contributed by atoms with E-state index in [2.05, 4.69) is 4.94 Å². The topological polar surface area (TPSA) is 49.8 Å². The lowest BCUT2D eigenvalue weighted by molar-refractivity contribution is -0.474. The van der Waals surface area contributed by atoms with Crippen molar-refractivity contribution in [1.82, 2.24) is 5.12 Å². The molecule has 202 valence electrons. The second kappa shape index (κ2) is 8.40. The molecule has 0 fully saturated rings. The highest BCUT2D eigenvalue weighted by Gasteiger charge is 2.92. The van der Waals surface area contributed by atoms with E-state index >= 15 is 0 Å². The molecule has 0 radical (unpaired) electrons. The minimum atomic E-state index is -8.49. The van der Waals surface area contributed by atoms with Crippen molar-refractivity contribution in [1.29, 1.82) is 0 Å². The molecule has 1 aromatic carbocycles. The molecule has 22 heteroatoms. The number of halogens is 18. The van der Waals surface area contributed by atoms with E-state index in [0.717, 1.165) is 0 Å². The fourth-order valence-electron chi connectivity index (χ4n) is 2.51. The van der Waals surface area contributed by atoms with Crippen LogP contribution in [0.3, 0.4) is 0 Å². The van der Waals surface area contributed by atoms with Gasteiger partial charge in [0.2, 0.25) is 17.4 Å². The summed E-state index contributed by atoms with van der Waals surface area (Å²) in [5.74, 6) is -38.0. The maximum absolute atomic E-state index is 14.7. The van der Waals surface area contributed by atoms with Crippen LogP contribution in [0.1, 0.15) is 5.56 Å². The molecule has 1 atom stereocenters. The highest BCUT2D eigenvalue weighted by molar-refractivity contribution is 5.79. The van der Waals surface area contributed by atoms with Crippen LogP contribution in [0.15, 0.2) is 0 Å². The van der Waals surface area contributed by atoms with Gasteiger partial charge in [-0.1, -0.05) is 5.12 Å². The molecule has 0 bridgehead atoms. The number of benzene rings is 1. The Bertz CT molecular complexity index is 932. The SMILES string of the molecule is O=C(O)[C@@](F)(N(F)C(C(F)(F)F)(C(F)(F)F)C(F)(F)F)C(F)(F)c1c(F)c(F)c(OF)c(F)c1F. The summed E-state index contributed by atoms with van der Waals surface area (Å²) in [6.45, 7) is 0. The van der Waals surface area contributed by atoms with Gasteiger partial charge in [0, 0.05) is 4.53 Å². The molecule has 0 unspecified atom stereocenters. The summed E-state index contributed by atoms with van der Waals surface area (Å²) in [6, 6.07) is 0. The number of hydrogen-bond donors (Lipinski definition) is 1. The van der Waals surface area contributed by atoms with Gasteiger partial charge in [-0.3, -0.25) is 4.94 Å². The Morgan fingerprint density at radius 3 is 1.23 bits per heavy atom. The van der Waals surface area contributed by atoms with E-state index in [1.807, 2.05) is 0 Å². The molecule has 1 aromatic rings. The Labute approximate surface area is 177 Å². The summed E-state index contributed by atoms with van der Waals surface area (Å²) >= 11 is 0. The van der Waals surface area contributed by atoms with Gasteiger partial charge in [-0.05, 0) is 0 Å². The lowest BCUT2D eigenvalue weighted by atomic mass is 9.89. The van der Waals surface area contributed by atoms with E-state index in [9.17, 15) is 84.0 Å². The van der Waals surface area contributed by atoms with E-state index in [0.29, 0.717) is 0 Å². The first-order valence-electron chi connectivity index (χ1n) is 7.43. The van der Waals surface area contributed by atoms with Gasteiger partial charge in [-0.15, -0.1) is 4.48 Å². The number of nitrogens with zero attached hydrogens (tertiary/aromatic N) is 1. The lowest BCUT2D eigenvalue weighted by Gasteiger charge is -2.46. The number of carboxylic acids is 1. The van der Waals surface area contributed by atoms with Gasteiger partial charge in [0.25, 0.3) is 0 Å². The first-order valence-corrected chi connectivity index (χ1v) is 7.43. The predicted octanol–water partition coefficient (Wildman–Crippen LogP) is 5.96. The minimum absolute atomic E-state index is 2.16. The average molecular weight is 561 g/mol. The molecule has 0 aliphatic carbocycles. The Balaban J connectivity index is 4.31. The molecule has 4 nitrogen and oxygen atoms in total. The summed E-state index contributed by atoms with van der Waals surface area (Å²) in [5.41, 5.74) is -12.7. The van der Waals surface area contributed by atoms with Gasteiger partial charge in [0.05, 0.1) is 0 Å². The van der Waals surface area contributed by atoms with Gasteiger partial charge < -0.3 is 5.11 Å². The number of hydrogen-bond acceptors (Lipinski definition) is 3. The standard InChI is InChI=1S/C13HF18NO3/c14-2-1(3(15)5(17)6(35-31)4(2)16)8(18,19)9(20,7(33)34)32(30)10(11(21,22)23,12(24,25)26)13(27,28)29/h(H,33,34)/t9-/m1/s1. The zero-order valence-corrected chi connectivity index (χ0v) is 15.0. The fourth-order valence-corrected chi connectivity index (χ4v) is 2.51. The molecule has 0 heterocycles. The van der Waals surface area contributed by atoms with Crippen LogP contribution in [-0.4, -0.2) is 46.1 Å². The Morgan fingerprint density at radius 1 is 0.686 bits per heavy atom. The summed E-state index contributed by atoms with van der Waals surface area (Å²) in [5, 5.41) is 3.71. The van der Waals surface area contributed by atoms with E-state index in [4.69, 9.17) is 5.11 Å². The van der Waals surface area contributed by atoms with Gasteiger partial charge in [-0.2, -0.15) is 57.1 Å². The average Bonchev–Trinajstić information content (AvgIpc) is 2.62. The van der Waals surface area contributed by atoms with Gasteiger partial charge in [-0.25, -0.2) is 18.0 Å². The monoisotopic (exact) mass is 561 g/mol. The van der Waals surface area contributed by atoms with E-state index in [-0.39, 0.29) is 0 Å². The van der Waals surface area contributed by atoms with Crippen LogP contribution in [0.2, 0.25) is 0 Å². The third-order valence-corrected chi connectivity index (χ3v) is 4.11. The Hall–Kier alpha value is -2.81. The van der Waals surface area contributed by atoms with Crippen molar-refractivity contribution in [2.75, 3.05) is 0 Å². The van der Waals surface area contributed by atoms with Crippen molar-refractivity contribution < 1.29 is 94.1 Å². The molecular weight excluding hydrogens is 560 g/mol. The molecular formula is C13HF18NO3. The predicted molar refractivity (Wildman–Crippen MR) is 67.2 cm³/mol. The molecule has 35 heavy (non-hydrogen) atoms. The van der Waals surface area contributed by atoms with Crippen LogP contribution in [0.4, 0.5) is 79.3 Å². The Morgan fingerprint density at radius 2 is 1.00 bits per heavy atom.